The fourth-order valence-electron chi connectivity index (χ4n) is 2.18. The molecule has 3 atom stereocenters. The van der Waals surface area contributed by atoms with Crippen LogP contribution in [-0.2, 0) is 4.74 Å². The Morgan fingerprint density at radius 2 is 2.06 bits per heavy atom. The van der Waals surface area contributed by atoms with E-state index in [0.29, 0.717) is 23.9 Å². The third-order valence-electron chi connectivity index (χ3n) is 4.01. The van der Waals surface area contributed by atoms with Crippen LogP contribution in [-0.4, -0.2) is 43.8 Å². The first-order valence-electron chi connectivity index (χ1n) is 6.56. The number of nitrogens with two attached hydrogens (primary N) is 1. The molecule has 0 aromatic carbocycles. The Hall–Kier alpha value is -0.120. The van der Waals surface area contributed by atoms with Gasteiger partial charge in [0, 0.05) is 18.7 Å². The number of hydrogen-bond donors (Lipinski definition) is 1. The van der Waals surface area contributed by atoms with E-state index < -0.39 is 0 Å². The van der Waals surface area contributed by atoms with Crippen LogP contribution in [0.3, 0.4) is 0 Å². The third kappa shape index (κ3) is 4.04. The van der Waals surface area contributed by atoms with Crippen LogP contribution in [0.5, 0.6) is 0 Å². The smallest absolute Gasteiger partial charge is 0.0509 e. The lowest BCUT2D eigenvalue weighted by atomic mass is 9.98. The van der Waals surface area contributed by atoms with Gasteiger partial charge in [-0.15, -0.1) is 0 Å². The second kappa shape index (κ2) is 6.58. The van der Waals surface area contributed by atoms with E-state index in [0.717, 1.165) is 26.2 Å². The summed E-state index contributed by atoms with van der Waals surface area (Å²) in [6.07, 6.45) is 2.30. The van der Waals surface area contributed by atoms with Crippen LogP contribution in [0.2, 0.25) is 0 Å². The van der Waals surface area contributed by atoms with Gasteiger partial charge < -0.3 is 15.4 Å². The molecular weight excluding hydrogens is 200 g/mol. The topological polar surface area (TPSA) is 38.5 Å². The zero-order valence-electron chi connectivity index (χ0n) is 11.3. The maximum absolute atomic E-state index is 6.07. The van der Waals surface area contributed by atoms with Crippen molar-refractivity contribution in [2.45, 2.75) is 45.7 Å². The van der Waals surface area contributed by atoms with E-state index in [4.69, 9.17) is 10.5 Å². The molecule has 0 saturated carbocycles. The van der Waals surface area contributed by atoms with Gasteiger partial charge in [0.25, 0.3) is 0 Å². The van der Waals surface area contributed by atoms with Crippen LogP contribution in [0.25, 0.3) is 0 Å². The van der Waals surface area contributed by atoms with Gasteiger partial charge in [0.1, 0.15) is 0 Å². The average Bonchev–Trinajstić information content (AvgIpc) is 2.77. The average molecular weight is 228 g/mol. The molecule has 1 aliphatic rings. The van der Waals surface area contributed by atoms with Gasteiger partial charge in [-0.3, -0.25) is 0 Å². The highest BCUT2D eigenvalue weighted by Crippen LogP contribution is 2.20. The van der Waals surface area contributed by atoms with Crippen molar-refractivity contribution in [2.75, 3.05) is 26.8 Å². The first kappa shape index (κ1) is 13.9. The molecule has 0 amide bonds. The normalized spacial score (nSPS) is 25.3. The molecule has 0 spiro atoms. The molecule has 1 heterocycles. The van der Waals surface area contributed by atoms with Gasteiger partial charge >= 0.3 is 0 Å². The molecule has 16 heavy (non-hydrogen) atoms. The molecule has 0 bridgehead atoms. The van der Waals surface area contributed by atoms with Gasteiger partial charge in [0.15, 0.2) is 0 Å². The third-order valence-corrected chi connectivity index (χ3v) is 4.01. The predicted molar refractivity (Wildman–Crippen MR) is 68.4 cm³/mol. The molecule has 1 aliphatic heterocycles. The maximum atomic E-state index is 6.07. The van der Waals surface area contributed by atoms with E-state index in [1.165, 1.54) is 6.42 Å². The molecule has 0 aromatic rings. The standard InChI is InChI=1S/C13H28N2O/c1-10(2)13(14)5-7-15(4)11(3)12-6-8-16-9-12/h10-13H,5-9,14H2,1-4H3. The second-order valence-electron chi connectivity index (χ2n) is 5.54. The summed E-state index contributed by atoms with van der Waals surface area (Å²) in [4.78, 5) is 2.43. The fourth-order valence-corrected chi connectivity index (χ4v) is 2.18. The van der Waals surface area contributed by atoms with Gasteiger partial charge in [-0.2, -0.15) is 0 Å². The lowest BCUT2D eigenvalue weighted by Gasteiger charge is -2.30. The monoisotopic (exact) mass is 228 g/mol. The first-order valence-corrected chi connectivity index (χ1v) is 6.56. The van der Waals surface area contributed by atoms with E-state index >= 15 is 0 Å². The largest absolute Gasteiger partial charge is 0.381 e. The first-order chi connectivity index (χ1) is 7.52. The molecule has 1 rings (SSSR count). The van der Waals surface area contributed by atoms with Crippen LogP contribution in [0, 0.1) is 11.8 Å². The molecule has 96 valence electrons. The van der Waals surface area contributed by atoms with E-state index in [1.807, 2.05) is 0 Å². The summed E-state index contributed by atoms with van der Waals surface area (Å²) in [5.74, 6) is 1.29. The number of ether oxygens (including phenoxy) is 1. The molecule has 0 aromatic heterocycles. The van der Waals surface area contributed by atoms with Crippen LogP contribution in [0.15, 0.2) is 0 Å². The number of rotatable bonds is 6. The van der Waals surface area contributed by atoms with Gasteiger partial charge in [0.05, 0.1) is 6.61 Å². The Balaban J connectivity index is 2.25. The zero-order chi connectivity index (χ0) is 12.1. The Labute approximate surface area is 100 Å². The lowest BCUT2D eigenvalue weighted by molar-refractivity contribution is 0.142. The van der Waals surface area contributed by atoms with Crippen molar-refractivity contribution < 1.29 is 4.74 Å². The fraction of sp³-hybridized carbons (Fsp3) is 1.00. The molecule has 3 heteroatoms. The molecule has 1 saturated heterocycles. The predicted octanol–water partition coefficient (Wildman–Crippen LogP) is 1.72. The molecule has 3 nitrogen and oxygen atoms in total. The number of nitrogens with zero attached hydrogens (tertiary/aromatic N) is 1. The molecule has 2 N–H and O–H groups in total. The van der Waals surface area contributed by atoms with Gasteiger partial charge in [0.2, 0.25) is 0 Å². The van der Waals surface area contributed by atoms with Crippen molar-refractivity contribution in [1.82, 2.24) is 4.90 Å². The minimum Gasteiger partial charge on any atom is -0.381 e. The van der Waals surface area contributed by atoms with Gasteiger partial charge in [-0.05, 0) is 45.2 Å². The summed E-state index contributed by atoms with van der Waals surface area (Å²) in [5, 5.41) is 0. The van der Waals surface area contributed by atoms with E-state index in [2.05, 4.69) is 32.7 Å². The van der Waals surface area contributed by atoms with Crippen LogP contribution in [0.4, 0.5) is 0 Å². The summed E-state index contributed by atoms with van der Waals surface area (Å²) < 4.78 is 5.44. The lowest BCUT2D eigenvalue weighted by Crippen LogP contribution is -2.39. The molecule has 3 unspecified atom stereocenters. The Morgan fingerprint density at radius 1 is 1.38 bits per heavy atom. The highest BCUT2D eigenvalue weighted by atomic mass is 16.5. The van der Waals surface area contributed by atoms with Crippen LogP contribution in [0.1, 0.15) is 33.6 Å². The molecule has 1 fully saturated rings. The van der Waals surface area contributed by atoms with Crippen molar-refractivity contribution >= 4 is 0 Å². The summed E-state index contributed by atoms with van der Waals surface area (Å²) >= 11 is 0. The minimum atomic E-state index is 0.328. The highest BCUT2D eigenvalue weighted by Gasteiger charge is 2.25. The van der Waals surface area contributed by atoms with Gasteiger partial charge in [-0.1, -0.05) is 13.8 Å². The maximum Gasteiger partial charge on any atom is 0.0509 e. The highest BCUT2D eigenvalue weighted by molar-refractivity contribution is 4.78. The zero-order valence-corrected chi connectivity index (χ0v) is 11.3. The van der Waals surface area contributed by atoms with Crippen LogP contribution < -0.4 is 5.73 Å². The number of hydrogen-bond acceptors (Lipinski definition) is 3. The Morgan fingerprint density at radius 3 is 2.56 bits per heavy atom. The van der Waals surface area contributed by atoms with Crippen LogP contribution >= 0.6 is 0 Å². The van der Waals surface area contributed by atoms with Crippen molar-refractivity contribution in [3.63, 3.8) is 0 Å². The summed E-state index contributed by atoms with van der Waals surface area (Å²) in [6.45, 7) is 9.66. The van der Waals surface area contributed by atoms with Gasteiger partial charge in [-0.25, -0.2) is 0 Å². The molecule has 0 radical (unpaired) electrons. The molecular formula is C13H28N2O. The van der Waals surface area contributed by atoms with E-state index in [-0.39, 0.29) is 0 Å². The van der Waals surface area contributed by atoms with Crippen molar-refractivity contribution in [3.8, 4) is 0 Å². The van der Waals surface area contributed by atoms with Crippen molar-refractivity contribution in [1.29, 1.82) is 0 Å². The minimum absolute atomic E-state index is 0.328. The summed E-state index contributed by atoms with van der Waals surface area (Å²) in [5.41, 5.74) is 6.07. The van der Waals surface area contributed by atoms with E-state index in [1.54, 1.807) is 0 Å². The van der Waals surface area contributed by atoms with E-state index in [9.17, 15) is 0 Å². The Kier molecular flexibility index (Phi) is 5.73. The van der Waals surface area contributed by atoms with Crippen molar-refractivity contribution in [2.24, 2.45) is 17.6 Å². The van der Waals surface area contributed by atoms with Crippen molar-refractivity contribution in [3.05, 3.63) is 0 Å². The summed E-state index contributed by atoms with van der Waals surface area (Å²) in [7, 11) is 2.20. The quantitative estimate of drug-likeness (QED) is 0.752. The second-order valence-corrected chi connectivity index (χ2v) is 5.54. The molecule has 0 aliphatic carbocycles. The SMILES string of the molecule is CC(C)C(N)CCN(C)C(C)C1CCOC1. The Bertz CT molecular complexity index is 190. The summed E-state index contributed by atoms with van der Waals surface area (Å²) in [6, 6.07) is 0.941.